The quantitative estimate of drug-likeness (QED) is 0.809. The summed E-state index contributed by atoms with van der Waals surface area (Å²) in [6.07, 6.45) is 0. The van der Waals surface area contributed by atoms with Crippen molar-refractivity contribution in [2.45, 2.75) is 32.1 Å². The number of thioether (sulfide) groups is 1. The molecule has 5 heteroatoms. The van der Waals surface area contributed by atoms with Crippen LogP contribution in [0.15, 0.2) is 18.2 Å². The van der Waals surface area contributed by atoms with E-state index >= 15 is 0 Å². The molecule has 1 rings (SSSR count). The van der Waals surface area contributed by atoms with Gasteiger partial charge in [-0.1, -0.05) is 20.8 Å². The number of ether oxygens (including phenoxy) is 2. The van der Waals surface area contributed by atoms with Gasteiger partial charge in [0.25, 0.3) is 0 Å². The number of hydrogen-bond acceptors (Lipinski definition) is 4. The fraction of sp³-hybridized carbons (Fsp3) is 0.562. The molecule has 118 valence electrons. The Hall–Kier alpha value is -1.36. The molecule has 0 aliphatic heterocycles. The Labute approximate surface area is 131 Å². The Balaban J connectivity index is 2.69. The van der Waals surface area contributed by atoms with Crippen LogP contribution in [0.3, 0.4) is 0 Å². The smallest absolute Gasteiger partial charge is 0.232 e. The van der Waals surface area contributed by atoms with Crippen molar-refractivity contribution in [3.05, 3.63) is 23.8 Å². The second kappa shape index (κ2) is 7.59. The molecule has 1 aromatic carbocycles. The van der Waals surface area contributed by atoms with Crippen LogP contribution in [0.2, 0.25) is 0 Å². The first-order chi connectivity index (χ1) is 9.76. The van der Waals surface area contributed by atoms with Crippen LogP contribution < -0.4 is 9.47 Å². The SMILES string of the molecule is COc1ccc(CN(C)C(=O)CSC(C)(C)C)c(OC)c1. The molecule has 0 atom stereocenters. The number of nitrogens with zero attached hydrogens (tertiary/aromatic N) is 1. The first kappa shape index (κ1) is 17.7. The van der Waals surface area contributed by atoms with E-state index in [4.69, 9.17) is 9.47 Å². The molecule has 0 radical (unpaired) electrons. The Morgan fingerprint density at radius 2 is 1.90 bits per heavy atom. The molecular formula is C16H25NO3S. The van der Waals surface area contributed by atoms with Crippen molar-refractivity contribution in [2.75, 3.05) is 27.0 Å². The third-order valence-corrected chi connectivity index (χ3v) is 4.21. The molecule has 21 heavy (non-hydrogen) atoms. The summed E-state index contributed by atoms with van der Waals surface area (Å²) in [5.41, 5.74) is 0.968. The fourth-order valence-electron chi connectivity index (χ4n) is 1.71. The van der Waals surface area contributed by atoms with Gasteiger partial charge in [0, 0.05) is 30.0 Å². The summed E-state index contributed by atoms with van der Waals surface area (Å²) >= 11 is 1.65. The van der Waals surface area contributed by atoms with E-state index in [1.807, 2.05) is 25.2 Å². The lowest BCUT2D eigenvalue weighted by atomic mass is 10.2. The zero-order valence-electron chi connectivity index (χ0n) is 13.7. The molecule has 0 N–H and O–H groups in total. The molecule has 1 amide bonds. The normalized spacial score (nSPS) is 11.1. The van der Waals surface area contributed by atoms with Gasteiger partial charge in [-0.2, -0.15) is 0 Å². The summed E-state index contributed by atoms with van der Waals surface area (Å²) < 4.78 is 10.6. The first-order valence-electron chi connectivity index (χ1n) is 6.85. The summed E-state index contributed by atoms with van der Waals surface area (Å²) in [6, 6.07) is 5.63. The molecule has 4 nitrogen and oxygen atoms in total. The van der Waals surface area contributed by atoms with E-state index in [-0.39, 0.29) is 10.7 Å². The van der Waals surface area contributed by atoms with E-state index in [0.717, 1.165) is 17.1 Å². The molecule has 1 aromatic rings. The molecule has 0 saturated heterocycles. The fourth-order valence-corrected chi connectivity index (χ4v) is 2.49. The number of rotatable bonds is 6. The average Bonchev–Trinajstić information content (AvgIpc) is 2.44. The van der Waals surface area contributed by atoms with Crippen LogP contribution in [0.5, 0.6) is 11.5 Å². The van der Waals surface area contributed by atoms with Gasteiger partial charge >= 0.3 is 0 Å². The van der Waals surface area contributed by atoms with Crippen LogP contribution in [0, 0.1) is 0 Å². The highest BCUT2D eigenvalue weighted by atomic mass is 32.2. The highest BCUT2D eigenvalue weighted by Gasteiger charge is 2.17. The highest BCUT2D eigenvalue weighted by Crippen LogP contribution is 2.26. The van der Waals surface area contributed by atoms with Gasteiger partial charge in [0.15, 0.2) is 0 Å². The molecule has 0 spiro atoms. The minimum atomic E-state index is 0.0916. The minimum absolute atomic E-state index is 0.0916. The lowest BCUT2D eigenvalue weighted by molar-refractivity contribution is -0.127. The molecule has 0 heterocycles. The predicted molar refractivity (Wildman–Crippen MR) is 88.2 cm³/mol. The van der Waals surface area contributed by atoms with Crippen molar-refractivity contribution < 1.29 is 14.3 Å². The summed E-state index contributed by atoms with van der Waals surface area (Å²) in [4.78, 5) is 13.9. The van der Waals surface area contributed by atoms with Crippen molar-refractivity contribution in [2.24, 2.45) is 0 Å². The summed E-state index contributed by atoms with van der Waals surface area (Å²) in [5, 5.41) is 0. The first-order valence-corrected chi connectivity index (χ1v) is 7.84. The van der Waals surface area contributed by atoms with Crippen molar-refractivity contribution in [1.29, 1.82) is 0 Å². The van der Waals surface area contributed by atoms with Crippen molar-refractivity contribution in [1.82, 2.24) is 4.90 Å². The molecule has 0 unspecified atom stereocenters. The van der Waals surface area contributed by atoms with E-state index in [1.54, 1.807) is 30.9 Å². The van der Waals surface area contributed by atoms with Gasteiger partial charge in [0.2, 0.25) is 5.91 Å². The van der Waals surface area contributed by atoms with E-state index in [2.05, 4.69) is 20.8 Å². The predicted octanol–water partition coefficient (Wildman–Crippen LogP) is 3.19. The average molecular weight is 311 g/mol. The lowest BCUT2D eigenvalue weighted by Crippen LogP contribution is -2.29. The van der Waals surface area contributed by atoms with Crippen LogP contribution in [-0.4, -0.2) is 42.6 Å². The van der Waals surface area contributed by atoms with Gasteiger partial charge in [-0.3, -0.25) is 4.79 Å². The van der Waals surface area contributed by atoms with Crippen LogP contribution in [0.1, 0.15) is 26.3 Å². The third-order valence-electron chi connectivity index (χ3n) is 2.96. The number of amides is 1. The van der Waals surface area contributed by atoms with Crippen molar-refractivity contribution >= 4 is 17.7 Å². The Kier molecular flexibility index (Phi) is 6.40. The van der Waals surface area contributed by atoms with E-state index in [9.17, 15) is 4.79 Å². The van der Waals surface area contributed by atoms with Crippen LogP contribution in [0.4, 0.5) is 0 Å². The summed E-state index contributed by atoms with van der Waals surface area (Å²) in [6.45, 7) is 6.85. The standard InChI is InChI=1S/C16H25NO3S/c1-16(2,3)21-11-15(18)17(4)10-12-7-8-13(19-5)9-14(12)20-6/h7-9H,10-11H2,1-6H3. The number of methoxy groups -OCH3 is 2. The van der Waals surface area contributed by atoms with Crippen molar-refractivity contribution in [3.63, 3.8) is 0 Å². The maximum Gasteiger partial charge on any atom is 0.232 e. The van der Waals surface area contributed by atoms with Crippen molar-refractivity contribution in [3.8, 4) is 11.5 Å². The number of benzene rings is 1. The Morgan fingerprint density at radius 1 is 1.24 bits per heavy atom. The maximum atomic E-state index is 12.2. The largest absolute Gasteiger partial charge is 0.497 e. The Morgan fingerprint density at radius 3 is 2.43 bits per heavy atom. The highest BCUT2D eigenvalue weighted by molar-refractivity contribution is 8.01. The van der Waals surface area contributed by atoms with E-state index in [0.29, 0.717) is 12.3 Å². The third kappa shape index (κ3) is 5.87. The molecule has 0 fully saturated rings. The van der Waals surface area contributed by atoms with Gasteiger partial charge in [0.1, 0.15) is 11.5 Å². The number of hydrogen-bond donors (Lipinski definition) is 0. The van der Waals surface area contributed by atoms with Gasteiger partial charge in [-0.05, 0) is 12.1 Å². The van der Waals surface area contributed by atoms with E-state index in [1.165, 1.54) is 0 Å². The monoisotopic (exact) mass is 311 g/mol. The molecule has 0 aliphatic carbocycles. The summed E-state index contributed by atoms with van der Waals surface area (Å²) in [5.74, 6) is 2.08. The van der Waals surface area contributed by atoms with Gasteiger partial charge < -0.3 is 14.4 Å². The van der Waals surface area contributed by atoms with E-state index < -0.39 is 0 Å². The number of carbonyl (C=O) groups is 1. The summed E-state index contributed by atoms with van der Waals surface area (Å²) in [7, 11) is 5.05. The molecular weight excluding hydrogens is 286 g/mol. The molecule has 0 aromatic heterocycles. The molecule has 0 bridgehead atoms. The minimum Gasteiger partial charge on any atom is -0.497 e. The topological polar surface area (TPSA) is 38.8 Å². The lowest BCUT2D eigenvalue weighted by Gasteiger charge is -2.22. The van der Waals surface area contributed by atoms with Gasteiger partial charge in [-0.15, -0.1) is 11.8 Å². The zero-order chi connectivity index (χ0) is 16.0. The second-order valence-electron chi connectivity index (χ2n) is 5.83. The van der Waals surface area contributed by atoms with Gasteiger partial charge in [0.05, 0.1) is 20.0 Å². The van der Waals surface area contributed by atoms with Crippen LogP contribution in [-0.2, 0) is 11.3 Å². The zero-order valence-corrected chi connectivity index (χ0v) is 14.5. The second-order valence-corrected chi connectivity index (χ2v) is 7.63. The maximum absolute atomic E-state index is 12.2. The number of carbonyl (C=O) groups excluding carboxylic acids is 1. The van der Waals surface area contributed by atoms with Crippen LogP contribution >= 0.6 is 11.8 Å². The molecule has 0 saturated carbocycles. The van der Waals surface area contributed by atoms with Crippen LogP contribution in [0.25, 0.3) is 0 Å². The van der Waals surface area contributed by atoms with Gasteiger partial charge in [-0.25, -0.2) is 0 Å². The molecule has 0 aliphatic rings. The Bertz CT molecular complexity index is 483.